The van der Waals surface area contributed by atoms with E-state index in [-0.39, 0.29) is 24.0 Å². The number of hydrogen-bond donors (Lipinski definition) is 1. The van der Waals surface area contributed by atoms with Crippen LogP contribution in [-0.2, 0) is 10.0 Å². The topological polar surface area (TPSA) is 46.2 Å². The molecule has 38 heteroatoms. The number of alkyl halides is 32. The number of rotatable bonds is 12. The summed E-state index contributed by atoms with van der Waals surface area (Å²) in [4.78, 5) is 0. The second-order valence-corrected chi connectivity index (χ2v) is 10.6. The van der Waals surface area contributed by atoms with Gasteiger partial charge in [0.15, 0.2) is 0 Å². The molecule has 0 aromatic carbocycles. The molecule has 0 spiro atoms. The van der Waals surface area contributed by atoms with Crippen molar-refractivity contribution >= 4 is 10.0 Å². The predicted molar refractivity (Wildman–Crippen MR) is 86.0 cm³/mol. The van der Waals surface area contributed by atoms with Gasteiger partial charge in [-0.05, 0) is 0 Å². The average Bonchev–Trinajstić information content (AvgIpc) is 2.78. The summed E-state index contributed by atoms with van der Waals surface area (Å²) >= 11 is 0. The molecule has 0 heterocycles. The molecule has 0 amide bonds. The van der Waals surface area contributed by atoms with E-state index in [2.05, 4.69) is 0 Å². The molecule has 0 aliphatic rings. The van der Waals surface area contributed by atoms with Crippen LogP contribution < -0.4 is 28.7 Å². The SMILES string of the molecule is O=S(=O)(NC(F)(F)C(F)(F)C(F)(F)[N+](C(F)(F)F)(C(F)(F)F)C(F)(F)F)C(F)(F)C(F)(F)C(F)(F)C(F)(F)C(F)(F)C(F)(F)C(F)(F)C(F)(F)F.[I-]. The Kier molecular flexibility index (Phi) is 12.8. The van der Waals surface area contributed by atoms with Crippen molar-refractivity contribution in [3.63, 3.8) is 0 Å². The number of sulfonamides is 1. The first kappa shape index (κ1) is 52.5. The summed E-state index contributed by atoms with van der Waals surface area (Å²) in [5.41, 5.74) is 0. The third-order valence-electron chi connectivity index (χ3n) is 5.63. The van der Waals surface area contributed by atoms with Crippen LogP contribution >= 0.6 is 0 Å². The summed E-state index contributed by atoms with van der Waals surface area (Å²) in [6.07, 6.45) is -35.8. The summed E-state index contributed by atoms with van der Waals surface area (Å²) < 4.78 is 433. The van der Waals surface area contributed by atoms with E-state index in [1.54, 1.807) is 0 Å². The van der Waals surface area contributed by atoms with E-state index in [1.165, 1.54) is 0 Å². The molecule has 0 saturated carbocycles. The Morgan fingerprint density at radius 1 is 0.346 bits per heavy atom. The van der Waals surface area contributed by atoms with Crippen molar-refractivity contribution in [2.24, 2.45) is 0 Å². The zero-order valence-electron chi connectivity index (χ0n) is 21.6. The van der Waals surface area contributed by atoms with Crippen molar-refractivity contribution in [3.05, 3.63) is 0 Å². The second kappa shape index (κ2) is 12.7. The summed E-state index contributed by atoms with van der Waals surface area (Å²) in [7, 11) is -9.97. The predicted octanol–water partition coefficient (Wildman–Crippen LogP) is 6.07. The lowest BCUT2D eigenvalue weighted by molar-refractivity contribution is -1.22. The van der Waals surface area contributed by atoms with E-state index >= 15 is 0 Å². The Hall–Kier alpha value is -1.64. The van der Waals surface area contributed by atoms with Gasteiger partial charge in [0, 0.05) is 4.48 Å². The maximum absolute atomic E-state index is 13.9. The molecule has 316 valence electrons. The standard InChI is InChI=1S/C14HF32N2O2S.HI/c15-1(16,3(19,20)5(23,24)8(29,30)31)2(17,18)4(21,22)6(25,26)11(36,37)51(49,50)47-9(32,33)7(27,28)10(34,35)48(12(38,39)40,13(41,42)43)14(44,45)46;/h47H;1H/q+1;/p-1. The van der Waals surface area contributed by atoms with Gasteiger partial charge >= 0.3 is 83.9 Å². The third kappa shape index (κ3) is 6.38. The van der Waals surface area contributed by atoms with E-state index in [1.807, 2.05) is 0 Å². The molecule has 0 aliphatic carbocycles. The highest BCUT2D eigenvalue weighted by Gasteiger charge is 3.02. The van der Waals surface area contributed by atoms with Crippen LogP contribution in [0.2, 0.25) is 0 Å². The van der Waals surface area contributed by atoms with Crippen molar-refractivity contribution in [2.75, 3.05) is 0 Å². The second-order valence-electron chi connectivity index (χ2n) is 8.83. The molecule has 52 heavy (non-hydrogen) atoms. The van der Waals surface area contributed by atoms with E-state index in [4.69, 9.17) is 0 Å². The van der Waals surface area contributed by atoms with Crippen LogP contribution in [0.1, 0.15) is 0 Å². The van der Waals surface area contributed by atoms with Gasteiger partial charge in [-0.2, -0.15) is 92.2 Å². The summed E-state index contributed by atoms with van der Waals surface area (Å²) in [5, 5.41) is -9.40. The van der Waals surface area contributed by atoms with Crippen LogP contribution in [0.4, 0.5) is 140 Å². The monoisotopic (exact) mass is 996 g/mol. The molecule has 1 N–H and O–H groups in total. The third-order valence-corrected chi connectivity index (χ3v) is 7.08. The number of hydrogen-bond acceptors (Lipinski definition) is 2. The first-order chi connectivity index (χ1) is 21.2. The minimum atomic E-state index is -9.97. The van der Waals surface area contributed by atoms with E-state index in [9.17, 15) is 149 Å². The maximum Gasteiger partial charge on any atom is 0.581 e. The van der Waals surface area contributed by atoms with Gasteiger partial charge in [-0.15, -0.1) is 53.0 Å². The molecular formula is C14HF32IN2O2S. The Labute approximate surface area is 276 Å². The molecule has 4 nitrogen and oxygen atoms in total. The number of halogens is 33. The van der Waals surface area contributed by atoms with Gasteiger partial charge in [-0.25, -0.2) is 8.42 Å². The van der Waals surface area contributed by atoms with Gasteiger partial charge in [-0.1, -0.05) is 0 Å². The van der Waals surface area contributed by atoms with E-state index < -0.39 is 103 Å². The van der Waals surface area contributed by atoms with Gasteiger partial charge in [0.25, 0.3) is 10.0 Å². The molecule has 0 unspecified atom stereocenters. The van der Waals surface area contributed by atoms with Gasteiger partial charge < -0.3 is 24.0 Å². The Balaban J connectivity index is 0. The minimum absolute atomic E-state index is 0. The van der Waals surface area contributed by atoms with Crippen molar-refractivity contribution in [2.45, 2.75) is 83.9 Å². The van der Waals surface area contributed by atoms with Crippen molar-refractivity contribution in [3.8, 4) is 0 Å². The Bertz CT molecular complexity index is 1360. The summed E-state index contributed by atoms with van der Waals surface area (Å²) in [6, 6.07) is -19.0. The highest BCUT2D eigenvalue weighted by Crippen LogP contribution is 2.66. The van der Waals surface area contributed by atoms with Crippen molar-refractivity contribution in [1.29, 1.82) is 0 Å². The first-order valence-electron chi connectivity index (χ1n) is 10.2. The molecule has 0 aromatic heterocycles. The van der Waals surface area contributed by atoms with E-state index in [0.29, 0.717) is 0 Å². The fraction of sp³-hybridized carbons (Fsp3) is 1.00. The minimum Gasteiger partial charge on any atom is -1.00 e. The lowest BCUT2D eigenvalue weighted by Gasteiger charge is -2.46. The molecule has 0 fully saturated rings. The molecule has 0 aromatic rings. The molecule has 0 atom stereocenters. The zero-order chi connectivity index (χ0) is 42.7. The molecular weight excluding hydrogens is 995 g/mol. The lowest BCUT2D eigenvalue weighted by Crippen LogP contribution is -3.00. The Morgan fingerprint density at radius 2 is 0.577 bits per heavy atom. The summed E-state index contributed by atoms with van der Waals surface area (Å²) in [6.45, 7) is 0. The molecule has 0 bridgehead atoms. The molecule has 0 radical (unpaired) electrons. The molecule has 0 saturated heterocycles. The quantitative estimate of drug-likeness (QED) is 0.112. The van der Waals surface area contributed by atoms with E-state index in [0.717, 1.165) is 0 Å². The molecule has 0 rings (SSSR count). The highest BCUT2D eigenvalue weighted by molar-refractivity contribution is 7.90. The number of quaternary nitrogens is 1. The largest absolute Gasteiger partial charge is 1.00 e. The number of nitrogens with zero attached hydrogens (tertiary/aromatic N) is 1. The first-order valence-corrected chi connectivity index (χ1v) is 11.7. The Morgan fingerprint density at radius 3 is 0.808 bits per heavy atom. The van der Waals surface area contributed by atoms with Gasteiger partial charge in [-0.3, -0.25) is 0 Å². The average molecular weight is 996 g/mol. The molecule has 0 aliphatic heterocycles. The van der Waals surface area contributed by atoms with Crippen LogP contribution in [-0.4, -0.2) is 96.8 Å². The normalized spacial score (nSPS) is 16.9. The zero-order valence-corrected chi connectivity index (χ0v) is 24.6. The highest BCUT2D eigenvalue weighted by atomic mass is 127. The number of nitrogens with one attached hydrogen (secondary N) is 1. The van der Waals surface area contributed by atoms with Gasteiger partial charge in [0.2, 0.25) is 0 Å². The van der Waals surface area contributed by atoms with Crippen molar-refractivity contribution in [1.82, 2.24) is 4.72 Å². The lowest BCUT2D eigenvalue weighted by atomic mass is 9.91. The van der Waals surface area contributed by atoms with Crippen molar-refractivity contribution < 1.29 is 177 Å². The smallest absolute Gasteiger partial charge is 0.581 e. The van der Waals surface area contributed by atoms with Crippen LogP contribution in [0.3, 0.4) is 0 Å². The van der Waals surface area contributed by atoms with Crippen LogP contribution in [0, 0.1) is 0 Å². The van der Waals surface area contributed by atoms with Crippen LogP contribution in [0.15, 0.2) is 0 Å². The van der Waals surface area contributed by atoms with Crippen LogP contribution in [0.5, 0.6) is 0 Å². The maximum atomic E-state index is 13.9. The van der Waals surface area contributed by atoms with Crippen LogP contribution in [0.25, 0.3) is 0 Å². The van der Waals surface area contributed by atoms with Gasteiger partial charge in [0.1, 0.15) is 0 Å². The summed E-state index contributed by atoms with van der Waals surface area (Å²) in [5.74, 6) is -66.5. The van der Waals surface area contributed by atoms with Gasteiger partial charge in [0.05, 0.1) is 0 Å². The fourth-order valence-corrected chi connectivity index (χ4v) is 3.98. The fourth-order valence-electron chi connectivity index (χ4n) is 2.92.